The number of amidine groups is 1. The Hall–Kier alpha value is -2.17. The summed E-state index contributed by atoms with van der Waals surface area (Å²) in [6.07, 6.45) is 0.124. The van der Waals surface area contributed by atoms with Crippen molar-refractivity contribution in [3.05, 3.63) is 35.9 Å². The van der Waals surface area contributed by atoms with Gasteiger partial charge >= 0.3 is 0 Å². The van der Waals surface area contributed by atoms with E-state index in [2.05, 4.69) is 15.8 Å². The molecule has 0 aliphatic carbocycles. The van der Waals surface area contributed by atoms with Crippen molar-refractivity contribution in [2.45, 2.75) is 6.42 Å². The number of nitrogens with zero attached hydrogens (tertiary/aromatic N) is 1. The van der Waals surface area contributed by atoms with Gasteiger partial charge in [0.15, 0.2) is 0 Å². The first kappa shape index (κ1) is 9.39. The lowest BCUT2D eigenvalue weighted by atomic mass is 10.2. The summed E-state index contributed by atoms with van der Waals surface area (Å²) >= 11 is 0. The zero-order valence-electron chi connectivity index (χ0n) is 7.86. The van der Waals surface area contributed by atoms with E-state index >= 15 is 0 Å². The fourth-order valence-electron chi connectivity index (χ4n) is 1.23. The molecule has 1 aliphatic rings. The highest BCUT2D eigenvalue weighted by molar-refractivity contribution is 6.13. The number of carbonyl (C=O) groups excluding carboxylic acids is 2. The molecule has 15 heavy (non-hydrogen) atoms. The molecule has 1 aromatic carbocycles. The molecular weight excluding hydrogens is 194 g/mol. The topological polar surface area (TPSA) is 70.6 Å². The lowest BCUT2D eigenvalue weighted by molar-refractivity contribution is -0.119. The number of amides is 2. The minimum Gasteiger partial charge on any atom is -0.308 e. The fourth-order valence-corrected chi connectivity index (χ4v) is 1.23. The van der Waals surface area contributed by atoms with Gasteiger partial charge in [-0.3, -0.25) is 9.59 Å². The molecule has 0 aromatic heterocycles. The van der Waals surface area contributed by atoms with Gasteiger partial charge in [-0.05, 0) is 12.1 Å². The highest BCUT2D eigenvalue weighted by Crippen LogP contribution is 1.99. The van der Waals surface area contributed by atoms with Gasteiger partial charge < -0.3 is 5.32 Å². The maximum atomic E-state index is 11.6. The summed E-state index contributed by atoms with van der Waals surface area (Å²) in [5.74, 6) is -0.113. The van der Waals surface area contributed by atoms with Crippen LogP contribution in [0.2, 0.25) is 0 Å². The second-order valence-electron chi connectivity index (χ2n) is 3.09. The van der Waals surface area contributed by atoms with Crippen molar-refractivity contribution in [1.29, 1.82) is 0 Å². The van der Waals surface area contributed by atoms with Gasteiger partial charge in [-0.25, -0.2) is 5.43 Å². The SMILES string of the molecule is O=C1CC(NC(=O)c2ccccc2)=NN1. The number of nitrogens with one attached hydrogen (secondary N) is 2. The van der Waals surface area contributed by atoms with Crippen LogP contribution in [-0.2, 0) is 4.79 Å². The van der Waals surface area contributed by atoms with E-state index in [1.54, 1.807) is 24.3 Å². The Bertz CT molecular complexity index is 426. The van der Waals surface area contributed by atoms with E-state index in [4.69, 9.17) is 0 Å². The van der Waals surface area contributed by atoms with Crippen LogP contribution in [0.15, 0.2) is 35.4 Å². The van der Waals surface area contributed by atoms with Crippen molar-refractivity contribution in [2.24, 2.45) is 5.10 Å². The van der Waals surface area contributed by atoms with Crippen LogP contribution in [0, 0.1) is 0 Å². The zero-order valence-corrected chi connectivity index (χ0v) is 7.86. The monoisotopic (exact) mass is 203 g/mol. The predicted molar refractivity (Wildman–Crippen MR) is 54.1 cm³/mol. The highest BCUT2D eigenvalue weighted by atomic mass is 16.2. The van der Waals surface area contributed by atoms with Crippen LogP contribution in [0.5, 0.6) is 0 Å². The Morgan fingerprint density at radius 3 is 2.67 bits per heavy atom. The summed E-state index contributed by atoms with van der Waals surface area (Å²) < 4.78 is 0. The Labute approximate surface area is 86.2 Å². The van der Waals surface area contributed by atoms with Crippen molar-refractivity contribution >= 4 is 17.6 Å². The smallest absolute Gasteiger partial charge is 0.256 e. The maximum absolute atomic E-state index is 11.6. The first-order valence-corrected chi connectivity index (χ1v) is 4.47. The molecule has 0 radical (unpaired) electrons. The average molecular weight is 203 g/mol. The van der Waals surface area contributed by atoms with Crippen molar-refractivity contribution < 1.29 is 9.59 Å². The number of hydrogen-bond acceptors (Lipinski definition) is 3. The van der Waals surface area contributed by atoms with E-state index in [1.807, 2.05) is 6.07 Å². The molecule has 2 rings (SSSR count). The van der Waals surface area contributed by atoms with E-state index < -0.39 is 0 Å². The van der Waals surface area contributed by atoms with Crippen LogP contribution in [0.1, 0.15) is 16.8 Å². The average Bonchev–Trinajstić information content (AvgIpc) is 2.65. The van der Waals surface area contributed by atoms with E-state index in [0.29, 0.717) is 11.4 Å². The van der Waals surface area contributed by atoms with Gasteiger partial charge in [-0.1, -0.05) is 18.2 Å². The summed E-state index contributed by atoms with van der Waals surface area (Å²) in [6.45, 7) is 0. The van der Waals surface area contributed by atoms with Crippen molar-refractivity contribution in [3.63, 3.8) is 0 Å². The first-order chi connectivity index (χ1) is 7.25. The molecule has 1 heterocycles. The Morgan fingerprint density at radius 2 is 2.07 bits per heavy atom. The molecule has 0 unspecified atom stereocenters. The van der Waals surface area contributed by atoms with Gasteiger partial charge in [0, 0.05) is 5.56 Å². The number of carbonyl (C=O) groups is 2. The third-order valence-corrected chi connectivity index (χ3v) is 1.94. The molecule has 0 saturated heterocycles. The van der Waals surface area contributed by atoms with Crippen molar-refractivity contribution in [2.75, 3.05) is 0 Å². The molecule has 0 atom stereocenters. The Balaban J connectivity index is 2.02. The zero-order chi connectivity index (χ0) is 10.7. The minimum absolute atomic E-state index is 0.124. The second-order valence-corrected chi connectivity index (χ2v) is 3.09. The van der Waals surface area contributed by atoms with Crippen molar-refractivity contribution in [3.8, 4) is 0 Å². The van der Waals surface area contributed by atoms with Crippen LogP contribution in [0.3, 0.4) is 0 Å². The quantitative estimate of drug-likeness (QED) is 0.686. The largest absolute Gasteiger partial charge is 0.308 e. The second kappa shape index (κ2) is 3.91. The van der Waals surface area contributed by atoms with Gasteiger partial charge in [-0.2, -0.15) is 5.10 Å². The minimum atomic E-state index is -0.258. The van der Waals surface area contributed by atoms with E-state index in [0.717, 1.165) is 0 Å². The normalized spacial score (nSPS) is 14.4. The molecule has 2 N–H and O–H groups in total. The van der Waals surface area contributed by atoms with Gasteiger partial charge in [0.1, 0.15) is 5.84 Å². The van der Waals surface area contributed by atoms with E-state index in [1.165, 1.54) is 0 Å². The van der Waals surface area contributed by atoms with Crippen LogP contribution in [0.4, 0.5) is 0 Å². The Morgan fingerprint density at radius 1 is 1.33 bits per heavy atom. The van der Waals surface area contributed by atoms with E-state index in [9.17, 15) is 9.59 Å². The lowest BCUT2D eigenvalue weighted by Crippen LogP contribution is -2.29. The summed E-state index contributed by atoms with van der Waals surface area (Å²) in [5, 5.41) is 6.22. The molecule has 76 valence electrons. The summed E-state index contributed by atoms with van der Waals surface area (Å²) in [6, 6.07) is 8.76. The maximum Gasteiger partial charge on any atom is 0.256 e. The molecule has 5 nitrogen and oxygen atoms in total. The van der Waals surface area contributed by atoms with Gasteiger partial charge in [-0.15, -0.1) is 0 Å². The number of rotatable bonds is 1. The van der Waals surface area contributed by atoms with Crippen LogP contribution in [0.25, 0.3) is 0 Å². The van der Waals surface area contributed by atoms with Gasteiger partial charge in [0.05, 0.1) is 6.42 Å². The molecule has 0 saturated carbocycles. The molecule has 0 fully saturated rings. The molecule has 2 amide bonds. The first-order valence-electron chi connectivity index (χ1n) is 4.47. The molecule has 1 aliphatic heterocycles. The third-order valence-electron chi connectivity index (χ3n) is 1.94. The van der Waals surface area contributed by atoms with E-state index in [-0.39, 0.29) is 18.2 Å². The number of hydrazone groups is 1. The molecule has 0 bridgehead atoms. The molecule has 5 heteroatoms. The number of benzene rings is 1. The van der Waals surface area contributed by atoms with Gasteiger partial charge in [0.2, 0.25) is 5.91 Å². The van der Waals surface area contributed by atoms with Crippen molar-refractivity contribution in [1.82, 2.24) is 10.7 Å². The lowest BCUT2D eigenvalue weighted by Gasteiger charge is -2.01. The highest BCUT2D eigenvalue weighted by Gasteiger charge is 2.16. The van der Waals surface area contributed by atoms with Crippen LogP contribution in [-0.4, -0.2) is 17.6 Å². The Kier molecular flexibility index (Phi) is 2.45. The summed E-state index contributed by atoms with van der Waals surface area (Å²) in [7, 11) is 0. The predicted octanol–water partition coefficient (Wildman–Crippen LogP) is 0.250. The van der Waals surface area contributed by atoms with Crippen LogP contribution < -0.4 is 10.7 Å². The van der Waals surface area contributed by atoms with Crippen LogP contribution >= 0.6 is 0 Å². The molecular formula is C10H9N3O2. The third kappa shape index (κ3) is 2.19. The standard InChI is InChI=1S/C10H9N3O2/c14-9-6-8(12-13-9)11-10(15)7-4-2-1-3-5-7/h1-5H,6H2,(H,13,14)(H,11,12,15). The fraction of sp³-hybridized carbons (Fsp3) is 0.100. The van der Waals surface area contributed by atoms with Gasteiger partial charge in [0.25, 0.3) is 5.91 Å². The summed E-state index contributed by atoms with van der Waals surface area (Å²) in [4.78, 5) is 22.4. The summed E-state index contributed by atoms with van der Waals surface area (Å²) in [5.41, 5.74) is 2.80. The molecule has 1 aromatic rings. The number of hydrogen-bond donors (Lipinski definition) is 2. The molecule has 0 spiro atoms.